The van der Waals surface area contributed by atoms with Gasteiger partial charge in [-0.25, -0.2) is 0 Å². The summed E-state index contributed by atoms with van der Waals surface area (Å²) in [4.78, 5) is 8.57. The molecule has 0 bridgehead atoms. The summed E-state index contributed by atoms with van der Waals surface area (Å²) in [5, 5.41) is 0.516. The average molecular weight is 282 g/mol. The molecule has 1 aromatic carbocycles. The first-order valence-electron chi connectivity index (χ1n) is 2.59. The van der Waals surface area contributed by atoms with Crippen LogP contribution in [0.2, 0.25) is 0 Å². The maximum Gasteiger partial charge on any atom is 0.218 e. The van der Waals surface area contributed by atoms with Gasteiger partial charge >= 0.3 is 0 Å². The van der Waals surface area contributed by atoms with Gasteiger partial charge in [0.2, 0.25) is 8.03 Å². The molecule has 10 heavy (non-hydrogen) atoms. The van der Waals surface area contributed by atoms with Crippen LogP contribution in [-0.4, -0.2) is 4.89 Å². The molecule has 2 nitrogen and oxygen atoms in total. The van der Waals surface area contributed by atoms with Crippen LogP contribution >= 0.6 is 8.03 Å². The molecule has 1 N–H and O–H groups in total. The molecule has 0 aliphatic heterocycles. The molecule has 52 valence electrons. The molecule has 0 spiro atoms. The van der Waals surface area contributed by atoms with Crippen molar-refractivity contribution in [2.75, 3.05) is 0 Å². The standard InChI is InChI=1S/C6H7O2P.Ce/c7-9(8)6-4-2-1-3-5-6;/h1-5,9H,(H,7,8);. The molecule has 4 heteroatoms. The van der Waals surface area contributed by atoms with E-state index in [1.54, 1.807) is 24.3 Å². The van der Waals surface area contributed by atoms with E-state index in [2.05, 4.69) is 0 Å². The Morgan fingerprint density at radius 2 is 1.70 bits per heavy atom. The molecular weight excluding hydrogens is 275 g/mol. The first-order chi connectivity index (χ1) is 4.30. The molecule has 1 aromatic rings. The fourth-order valence-electron chi connectivity index (χ4n) is 0.581. The summed E-state index contributed by atoms with van der Waals surface area (Å²) in [7, 11) is -2.46. The van der Waals surface area contributed by atoms with Gasteiger partial charge in [-0.05, 0) is 12.1 Å². The van der Waals surface area contributed by atoms with Crippen molar-refractivity contribution in [3.05, 3.63) is 30.3 Å². The summed E-state index contributed by atoms with van der Waals surface area (Å²) in [6, 6.07) is 8.58. The van der Waals surface area contributed by atoms with Gasteiger partial charge in [0.25, 0.3) is 0 Å². The molecule has 0 aliphatic rings. The zero-order chi connectivity index (χ0) is 6.69. The Morgan fingerprint density at radius 3 is 2.00 bits per heavy atom. The van der Waals surface area contributed by atoms with Crippen LogP contribution in [0.25, 0.3) is 0 Å². The predicted molar refractivity (Wildman–Crippen MR) is 37.3 cm³/mol. The second-order valence-corrected chi connectivity index (χ2v) is 2.86. The normalized spacial score (nSPS) is 11.7. The van der Waals surface area contributed by atoms with Gasteiger partial charge in [0.15, 0.2) is 0 Å². The van der Waals surface area contributed by atoms with Gasteiger partial charge in [0, 0.05) is 47.1 Å². The first-order valence-corrected chi connectivity index (χ1v) is 3.94. The van der Waals surface area contributed by atoms with Gasteiger partial charge in [-0.3, -0.25) is 4.57 Å². The fraction of sp³-hybridized carbons (Fsp3) is 0. The Hall–Kier alpha value is 0.787. The second kappa shape index (κ2) is 5.44. The van der Waals surface area contributed by atoms with E-state index in [4.69, 9.17) is 4.89 Å². The topological polar surface area (TPSA) is 37.3 Å². The van der Waals surface area contributed by atoms with Gasteiger partial charge in [0.1, 0.15) is 0 Å². The van der Waals surface area contributed by atoms with Crippen molar-refractivity contribution in [2.45, 2.75) is 0 Å². The molecule has 0 aliphatic carbocycles. The van der Waals surface area contributed by atoms with Crippen molar-refractivity contribution >= 4 is 13.3 Å². The molecule has 0 saturated carbocycles. The number of benzene rings is 1. The van der Waals surface area contributed by atoms with Crippen LogP contribution in [0.5, 0.6) is 0 Å². The Bertz CT molecular complexity index is 212. The second-order valence-electron chi connectivity index (χ2n) is 1.67. The molecule has 0 amide bonds. The summed E-state index contributed by atoms with van der Waals surface area (Å²) < 4.78 is 10.4. The summed E-state index contributed by atoms with van der Waals surface area (Å²) in [5.41, 5.74) is 0. The van der Waals surface area contributed by atoms with E-state index in [0.717, 1.165) is 0 Å². The quantitative estimate of drug-likeness (QED) is 0.773. The van der Waals surface area contributed by atoms with E-state index >= 15 is 0 Å². The number of rotatable bonds is 1. The smallest absolute Gasteiger partial charge is 0.218 e. The Morgan fingerprint density at radius 1 is 1.20 bits per heavy atom. The van der Waals surface area contributed by atoms with E-state index < -0.39 is 8.03 Å². The molecule has 0 aromatic heterocycles. The third kappa shape index (κ3) is 3.26. The van der Waals surface area contributed by atoms with Gasteiger partial charge in [0.05, 0.1) is 0 Å². The van der Waals surface area contributed by atoms with Gasteiger partial charge in [-0.2, -0.15) is 0 Å². The summed E-state index contributed by atoms with van der Waals surface area (Å²) >= 11 is 0. The van der Waals surface area contributed by atoms with Gasteiger partial charge < -0.3 is 4.89 Å². The van der Waals surface area contributed by atoms with E-state index in [0.29, 0.717) is 5.30 Å². The van der Waals surface area contributed by atoms with Crippen molar-refractivity contribution in [3.8, 4) is 0 Å². The SMILES string of the molecule is O=[PH](O)c1ccccc1.[Ce]. The predicted octanol–water partition coefficient (Wildman–Crippen LogP) is 0.779. The van der Waals surface area contributed by atoms with Crippen LogP contribution in [0.3, 0.4) is 0 Å². The molecule has 1 unspecified atom stereocenters. The molecule has 0 heterocycles. The monoisotopic (exact) mass is 282 g/mol. The zero-order valence-electron chi connectivity index (χ0n) is 5.24. The van der Waals surface area contributed by atoms with Crippen LogP contribution < -0.4 is 5.30 Å². The largest absolute Gasteiger partial charge is 0.343 e. The van der Waals surface area contributed by atoms with E-state index in [-0.39, 0.29) is 41.7 Å². The van der Waals surface area contributed by atoms with Gasteiger partial charge in [-0.15, -0.1) is 0 Å². The molecule has 0 fully saturated rings. The molecule has 0 radical (unpaired) electrons. The van der Waals surface area contributed by atoms with Crippen LogP contribution in [-0.2, 0) is 4.57 Å². The first kappa shape index (κ1) is 10.8. The molecule has 1 rings (SSSR count). The minimum Gasteiger partial charge on any atom is -0.343 e. The summed E-state index contributed by atoms with van der Waals surface area (Å²) in [6.07, 6.45) is 0. The van der Waals surface area contributed by atoms with E-state index in [9.17, 15) is 4.57 Å². The summed E-state index contributed by atoms with van der Waals surface area (Å²) in [5.74, 6) is 0. The third-order valence-electron chi connectivity index (χ3n) is 1.02. The van der Waals surface area contributed by atoms with Crippen LogP contribution in [0, 0.1) is 41.7 Å². The van der Waals surface area contributed by atoms with Crippen LogP contribution in [0.4, 0.5) is 0 Å². The molecular formula is C6H7CeO2P. The maximum absolute atomic E-state index is 10.4. The Balaban J connectivity index is 0.000000810. The van der Waals surface area contributed by atoms with Crippen molar-refractivity contribution < 1.29 is 51.2 Å². The van der Waals surface area contributed by atoms with Crippen LogP contribution in [0.1, 0.15) is 0 Å². The molecule has 0 saturated heterocycles. The van der Waals surface area contributed by atoms with Crippen molar-refractivity contribution in [3.63, 3.8) is 0 Å². The van der Waals surface area contributed by atoms with E-state index in [1.165, 1.54) is 0 Å². The van der Waals surface area contributed by atoms with Crippen molar-refractivity contribution in [2.24, 2.45) is 0 Å². The van der Waals surface area contributed by atoms with Crippen LogP contribution in [0.15, 0.2) is 30.3 Å². The van der Waals surface area contributed by atoms with Gasteiger partial charge in [-0.1, -0.05) is 18.2 Å². The number of hydrogen-bond donors (Lipinski definition) is 1. The third-order valence-corrected chi connectivity index (χ3v) is 1.85. The Labute approximate surface area is 93.9 Å². The molecule has 1 atom stereocenters. The minimum atomic E-state index is -2.46. The van der Waals surface area contributed by atoms with Crippen molar-refractivity contribution in [1.29, 1.82) is 0 Å². The minimum absolute atomic E-state index is 0. The Kier molecular flexibility index (Phi) is 5.87. The van der Waals surface area contributed by atoms with Crippen molar-refractivity contribution in [1.82, 2.24) is 0 Å². The fourth-order valence-corrected chi connectivity index (χ4v) is 1.06. The average Bonchev–Trinajstić information content (AvgIpc) is 1.90. The van der Waals surface area contributed by atoms with E-state index in [1.807, 2.05) is 6.07 Å². The zero-order valence-corrected chi connectivity index (χ0v) is 9.38. The summed E-state index contributed by atoms with van der Waals surface area (Å²) in [6.45, 7) is 0. The maximum atomic E-state index is 10.4. The number of hydrogen-bond acceptors (Lipinski definition) is 1.